The molecule has 0 bridgehead atoms. The first-order valence-corrected chi connectivity index (χ1v) is 9.62. The molecule has 0 N–H and O–H groups in total. The van der Waals surface area contributed by atoms with Gasteiger partial charge < -0.3 is 0 Å². The summed E-state index contributed by atoms with van der Waals surface area (Å²) in [6.07, 6.45) is 2.44. The number of anilines is 1. The van der Waals surface area contributed by atoms with Gasteiger partial charge in [0.2, 0.25) is 5.91 Å². The minimum Gasteiger partial charge on any atom is -0.299 e. The average molecular weight is 370 g/mol. The lowest BCUT2D eigenvalue weighted by Crippen LogP contribution is -2.27. The highest BCUT2D eigenvalue weighted by Crippen LogP contribution is 2.23. The largest absolute Gasteiger partial charge is 0.299 e. The number of rotatable bonds is 6. The van der Waals surface area contributed by atoms with Crippen molar-refractivity contribution >= 4 is 33.3 Å². The summed E-state index contributed by atoms with van der Waals surface area (Å²) in [6, 6.07) is 15.3. The van der Waals surface area contributed by atoms with Gasteiger partial charge in [0, 0.05) is 35.7 Å². The van der Waals surface area contributed by atoms with E-state index in [4.69, 9.17) is 0 Å². The van der Waals surface area contributed by atoms with E-state index in [0.29, 0.717) is 22.9 Å². The zero-order valence-electron chi connectivity index (χ0n) is 14.4. The van der Waals surface area contributed by atoms with E-state index in [0.717, 1.165) is 10.8 Å². The van der Waals surface area contributed by atoms with Gasteiger partial charge in [-0.3, -0.25) is 13.9 Å². The normalized spacial score (nSPS) is 12.1. The highest BCUT2D eigenvalue weighted by Gasteiger charge is 2.15. The van der Waals surface area contributed by atoms with Crippen molar-refractivity contribution < 1.29 is 13.4 Å². The molecule has 0 spiro atoms. The Balaban J connectivity index is 1.61. The van der Waals surface area contributed by atoms with E-state index >= 15 is 0 Å². The van der Waals surface area contributed by atoms with Crippen LogP contribution >= 0.6 is 0 Å². The van der Waals surface area contributed by atoms with Crippen molar-refractivity contribution in [1.82, 2.24) is 4.98 Å². The molecule has 3 aromatic rings. The number of benzene rings is 2. The molecule has 26 heavy (non-hydrogen) atoms. The Hall–Kier alpha value is -2.60. The summed E-state index contributed by atoms with van der Waals surface area (Å²) in [6.45, 7) is 0. The molecule has 134 valence electrons. The Labute approximate surface area is 154 Å². The standard InChI is InChI=1S/C20H19FN2O2S/c1-23(20-18-6-3-2-5-15(18)12-13-22-20)19(24)7-4-14-26(25)17-10-8-16(21)9-11-17/h2-3,5-6,8-13H,4,7,14H2,1H3. The van der Waals surface area contributed by atoms with Crippen LogP contribution in [0.3, 0.4) is 0 Å². The molecule has 3 rings (SSSR count). The predicted octanol–water partition coefficient (Wildman–Crippen LogP) is 3.92. The number of hydrogen-bond acceptors (Lipinski definition) is 3. The van der Waals surface area contributed by atoms with Gasteiger partial charge >= 0.3 is 0 Å². The van der Waals surface area contributed by atoms with Crippen LogP contribution in [0.2, 0.25) is 0 Å². The van der Waals surface area contributed by atoms with E-state index in [1.807, 2.05) is 30.3 Å². The third-order valence-electron chi connectivity index (χ3n) is 4.14. The summed E-state index contributed by atoms with van der Waals surface area (Å²) in [5.74, 6) is 0.539. The summed E-state index contributed by atoms with van der Waals surface area (Å²) in [5.41, 5.74) is 0. The lowest BCUT2D eigenvalue weighted by molar-refractivity contribution is -0.118. The van der Waals surface area contributed by atoms with Crippen molar-refractivity contribution in [1.29, 1.82) is 0 Å². The van der Waals surface area contributed by atoms with Crippen LogP contribution in [0.15, 0.2) is 65.7 Å². The molecule has 1 aromatic heterocycles. The number of halogens is 1. The molecule has 0 radical (unpaired) electrons. The molecule has 0 aliphatic carbocycles. The molecule has 6 heteroatoms. The van der Waals surface area contributed by atoms with E-state index in [1.165, 1.54) is 24.3 Å². The van der Waals surface area contributed by atoms with Gasteiger partial charge in [-0.1, -0.05) is 24.3 Å². The van der Waals surface area contributed by atoms with Gasteiger partial charge in [-0.2, -0.15) is 0 Å². The number of amides is 1. The van der Waals surface area contributed by atoms with Gasteiger partial charge in [0.05, 0.1) is 10.8 Å². The number of hydrogen-bond donors (Lipinski definition) is 0. The molecule has 0 aliphatic rings. The quantitative estimate of drug-likeness (QED) is 0.661. The molecule has 1 heterocycles. The van der Waals surface area contributed by atoms with E-state index < -0.39 is 10.8 Å². The summed E-state index contributed by atoms with van der Waals surface area (Å²) in [5, 5.41) is 1.94. The van der Waals surface area contributed by atoms with E-state index in [2.05, 4.69) is 4.98 Å². The predicted molar refractivity (Wildman–Crippen MR) is 102 cm³/mol. The van der Waals surface area contributed by atoms with Crippen LogP contribution in [0.4, 0.5) is 10.2 Å². The van der Waals surface area contributed by atoms with E-state index in [1.54, 1.807) is 18.1 Å². The molecule has 0 saturated carbocycles. The van der Waals surface area contributed by atoms with Crippen molar-refractivity contribution in [2.45, 2.75) is 17.7 Å². The molecule has 2 aromatic carbocycles. The molecule has 1 atom stereocenters. The van der Waals surface area contributed by atoms with Crippen molar-refractivity contribution in [2.75, 3.05) is 17.7 Å². The summed E-state index contributed by atoms with van der Waals surface area (Å²) in [7, 11) is 0.461. The number of aromatic nitrogens is 1. The SMILES string of the molecule is CN(C(=O)CCCS(=O)c1ccc(F)cc1)c1nccc2ccccc12. The zero-order valence-corrected chi connectivity index (χ0v) is 15.2. The van der Waals surface area contributed by atoms with Gasteiger partial charge in [-0.05, 0) is 42.1 Å². The van der Waals surface area contributed by atoms with Crippen molar-refractivity contribution in [2.24, 2.45) is 0 Å². The molecule has 1 unspecified atom stereocenters. The Bertz CT molecular complexity index is 939. The van der Waals surface area contributed by atoms with Gasteiger partial charge in [0.15, 0.2) is 0 Å². The minimum atomic E-state index is -1.24. The molecule has 1 amide bonds. The highest BCUT2D eigenvalue weighted by atomic mass is 32.2. The van der Waals surface area contributed by atoms with Crippen LogP contribution in [0.5, 0.6) is 0 Å². The number of fused-ring (bicyclic) bond motifs is 1. The monoisotopic (exact) mass is 370 g/mol. The maximum Gasteiger partial charge on any atom is 0.227 e. The first-order valence-electron chi connectivity index (χ1n) is 8.30. The fourth-order valence-corrected chi connectivity index (χ4v) is 3.80. The van der Waals surface area contributed by atoms with Crippen LogP contribution in [0.1, 0.15) is 12.8 Å². The Morgan fingerprint density at radius 1 is 1.12 bits per heavy atom. The van der Waals surface area contributed by atoms with Crippen LogP contribution in [0.25, 0.3) is 10.8 Å². The number of nitrogens with zero attached hydrogens (tertiary/aromatic N) is 2. The van der Waals surface area contributed by atoms with Gasteiger partial charge in [-0.25, -0.2) is 9.37 Å². The molecule has 0 saturated heterocycles. The smallest absolute Gasteiger partial charge is 0.227 e. The molecule has 0 aliphatic heterocycles. The average Bonchev–Trinajstić information content (AvgIpc) is 2.67. The maximum absolute atomic E-state index is 12.9. The lowest BCUT2D eigenvalue weighted by Gasteiger charge is -2.18. The summed E-state index contributed by atoms with van der Waals surface area (Å²) < 4.78 is 25.1. The Morgan fingerprint density at radius 3 is 2.62 bits per heavy atom. The van der Waals surface area contributed by atoms with Gasteiger partial charge in [-0.15, -0.1) is 0 Å². The topological polar surface area (TPSA) is 50.3 Å². The number of pyridine rings is 1. The fourth-order valence-electron chi connectivity index (χ4n) is 2.72. The van der Waals surface area contributed by atoms with Crippen LogP contribution in [-0.4, -0.2) is 27.9 Å². The van der Waals surface area contributed by atoms with E-state index in [-0.39, 0.29) is 18.1 Å². The lowest BCUT2D eigenvalue weighted by atomic mass is 10.1. The number of carbonyl (C=O) groups excluding carboxylic acids is 1. The van der Waals surface area contributed by atoms with Crippen molar-refractivity contribution in [3.8, 4) is 0 Å². The van der Waals surface area contributed by atoms with Crippen LogP contribution in [-0.2, 0) is 15.6 Å². The Kier molecular flexibility index (Phi) is 5.73. The second-order valence-corrected chi connectivity index (χ2v) is 7.49. The van der Waals surface area contributed by atoms with E-state index in [9.17, 15) is 13.4 Å². The third kappa shape index (κ3) is 4.14. The first kappa shape index (κ1) is 18.2. The van der Waals surface area contributed by atoms with Crippen LogP contribution in [0, 0.1) is 5.82 Å². The second kappa shape index (κ2) is 8.19. The molecular formula is C20H19FN2O2S. The number of carbonyl (C=O) groups is 1. The van der Waals surface area contributed by atoms with Gasteiger partial charge in [0.25, 0.3) is 0 Å². The zero-order chi connectivity index (χ0) is 18.5. The highest BCUT2D eigenvalue weighted by molar-refractivity contribution is 7.85. The summed E-state index contributed by atoms with van der Waals surface area (Å²) in [4.78, 5) is 18.9. The summed E-state index contributed by atoms with van der Waals surface area (Å²) >= 11 is 0. The second-order valence-electron chi connectivity index (χ2n) is 5.92. The maximum atomic E-state index is 12.9. The minimum absolute atomic E-state index is 0.0787. The molecule has 0 fully saturated rings. The first-order chi connectivity index (χ1) is 12.6. The third-order valence-corrected chi connectivity index (χ3v) is 5.60. The Morgan fingerprint density at radius 2 is 1.85 bits per heavy atom. The van der Waals surface area contributed by atoms with Gasteiger partial charge in [0.1, 0.15) is 11.6 Å². The van der Waals surface area contributed by atoms with Crippen molar-refractivity contribution in [3.63, 3.8) is 0 Å². The van der Waals surface area contributed by atoms with Crippen molar-refractivity contribution in [3.05, 3.63) is 66.6 Å². The molecular weight excluding hydrogens is 351 g/mol. The fraction of sp³-hybridized carbons (Fsp3) is 0.200. The molecule has 4 nitrogen and oxygen atoms in total. The van der Waals surface area contributed by atoms with Crippen LogP contribution < -0.4 is 4.90 Å².